The molecule has 124 valence electrons. The smallest absolute Gasteiger partial charge is 0.224 e. The lowest BCUT2D eigenvalue weighted by Crippen LogP contribution is -2.24. The fourth-order valence-electron chi connectivity index (χ4n) is 2.79. The van der Waals surface area contributed by atoms with Gasteiger partial charge in [-0.05, 0) is 42.7 Å². The highest BCUT2D eigenvalue weighted by Crippen LogP contribution is 2.28. The van der Waals surface area contributed by atoms with Crippen LogP contribution in [-0.2, 0) is 17.8 Å². The molecular weight excluding hydrogens is 300 g/mol. The van der Waals surface area contributed by atoms with E-state index >= 15 is 0 Å². The van der Waals surface area contributed by atoms with Crippen LogP contribution in [0.15, 0.2) is 48.7 Å². The number of rotatable bonds is 6. The van der Waals surface area contributed by atoms with Crippen molar-refractivity contribution >= 4 is 16.8 Å². The van der Waals surface area contributed by atoms with Crippen molar-refractivity contribution in [3.8, 4) is 5.75 Å². The molecule has 0 fully saturated rings. The lowest BCUT2D eigenvalue weighted by molar-refractivity contribution is -0.120. The lowest BCUT2D eigenvalue weighted by Gasteiger charge is -2.10. The van der Waals surface area contributed by atoms with E-state index in [-0.39, 0.29) is 5.91 Å². The van der Waals surface area contributed by atoms with Gasteiger partial charge in [0.05, 0.1) is 6.42 Å². The van der Waals surface area contributed by atoms with E-state index in [9.17, 15) is 4.79 Å². The van der Waals surface area contributed by atoms with Crippen LogP contribution in [0.4, 0.5) is 0 Å². The Bertz CT molecular complexity index is 837. The quantitative estimate of drug-likeness (QED) is 0.726. The highest BCUT2D eigenvalue weighted by atomic mass is 16.5. The Labute approximate surface area is 141 Å². The minimum absolute atomic E-state index is 0.0331. The third-order valence-corrected chi connectivity index (χ3v) is 4.03. The van der Waals surface area contributed by atoms with E-state index in [0.29, 0.717) is 19.6 Å². The number of ether oxygens (including phenoxy) is 1. The molecule has 3 rings (SSSR count). The van der Waals surface area contributed by atoms with Gasteiger partial charge in [-0.1, -0.05) is 30.3 Å². The minimum atomic E-state index is 0.0331. The maximum absolute atomic E-state index is 11.9. The van der Waals surface area contributed by atoms with Gasteiger partial charge in [0.25, 0.3) is 0 Å². The largest absolute Gasteiger partial charge is 0.489 e. The number of fused-ring (bicyclic) bond motifs is 1. The first kappa shape index (κ1) is 16.1. The number of aromatic amines is 1. The second-order valence-corrected chi connectivity index (χ2v) is 5.88. The van der Waals surface area contributed by atoms with Gasteiger partial charge in [-0.3, -0.25) is 4.79 Å². The summed E-state index contributed by atoms with van der Waals surface area (Å²) >= 11 is 0. The molecule has 4 heteroatoms. The summed E-state index contributed by atoms with van der Waals surface area (Å²) in [6.45, 7) is 5.13. The summed E-state index contributed by atoms with van der Waals surface area (Å²) < 4.78 is 5.99. The number of aryl methyl sites for hydroxylation is 1. The van der Waals surface area contributed by atoms with Gasteiger partial charge < -0.3 is 15.0 Å². The molecule has 1 aromatic heterocycles. The molecule has 0 radical (unpaired) electrons. The Morgan fingerprint density at radius 1 is 1.21 bits per heavy atom. The number of carbonyl (C=O) groups excluding carboxylic acids is 1. The van der Waals surface area contributed by atoms with Crippen LogP contribution in [0.2, 0.25) is 0 Å². The predicted molar refractivity (Wildman–Crippen MR) is 96.2 cm³/mol. The van der Waals surface area contributed by atoms with Crippen LogP contribution in [0.5, 0.6) is 5.75 Å². The molecule has 0 spiro atoms. The number of nitrogens with one attached hydrogen (secondary N) is 2. The Morgan fingerprint density at radius 2 is 2.00 bits per heavy atom. The van der Waals surface area contributed by atoms with Crippen LogP contribution in [0.25, 0.3) is 10.9 Å². The zero-order chi connectivity index (χ0) is 16.9. The summed E-state index contributed by atoms with van der Waals surface area (Å²) in [5.74, 6) is 0.883. The molecule has 24 heavy (non-hydrogen) atoms. The molecule has 2 aromatic carbocycles. The van der Waals surface area contributed by atoms with Crippen LogP contribution in [0.3, 0.4) is 0 Å². The monoisotopic (exact) mass is 322 g/mol. The Morgan fingerprint density at radius 3 is 2.75 bits per heavy atom. The third-order valence-electron chi connectivity index (χ3n) is 4.03. The Hall–Kier alpha value is -2.75. The van der Waals surface area contributed by atoms with E-state index in [4.69, 9.17) is 4.74 Å². The summed E-state index contributed by atoms with van der Waals surface area (Å²) in [5.41, 5.74) is 4.22. The maximum Gasteiger partial charge on any atom is 0.224 e. The molecule has 0 bridgehead atoms. The number of benzene rings is 2. The molecule has 2 N–H and O–H groups in total. The predicted octanol–water partition coefficient (Wildman–Crippen LogP) is 3.73. The van der Waals surface area contributed by atoms with Gasteiger partial charge in [0.1, 0.15) is 12.4 Å². The number of likely N-dealkylation sites (N-methyl/N-ethyl adjacent to an activating group) is 1. The van der Waals surface area contributed by atoms with Crippen molar-refractivity contribution in [3.05, 3.63) is 65.4 Å². The second kappa shape index (κ2) is 7.21. The molecule has 1 amide bonds. The van der Waals surface area contributed by atoms with Crippen LogP contribution in [0.1, 0.15) is 23.6 Å². The molecule has 0 aliphatic carbocycles. The molecular formula is C20H22N2O2. The third kappa shape index (κ3) is 3.59. The highest BCUT2D eigenvalue weighted by molar-refractivity contribution is 5.90. The lowest BCUT2D eigenvalue weighted by atomic mass is 10.1. The Kier molecular flexibility index (Phi) is 4.85. The van der Waals surface area contributed by atoms with Crippen molar-refractivity contribution in [3.63, 3.8) is 0 Å². The van der Waals surface area contributed by atoms with Crippen molar-refractivity contribution in [1.82, 2.24) is 10.3 Å². The topological polar surface area (TPSA) is 54.1 Å². The molecule has 1 heterocycles. The van der Waals surface area contributed by atoms with Crippen LogP contribution >= 0.6 is 0 Å². The van der Waals surface area contributed by atoms with Gasteiger partial charge in [-0.2, -0.15) is 0 Å². The normalized spacial score (nSPS) is 10.8. The molecule has 0 aliphatic heterocycles. The van der Waals surface area contributed by atoms with Gasteiger partial charge in [0, 0.05) is 23.6 Å². The zero-order valence-electron chi connectivity index (χ0n) is 14.1. The summed E-state index contributed by atoms with van der Waals surface area (Å²) in [5, 5.41) is 3.87. The van der Waals surface area contributed by atoms with E-state index in [1.165, 1.54) is 0 Å². The van der Waals surface area contributed by atoms with Crippen LogP contribution in [-0.4, -0.2) is 17.4 Å². The molecule has 4 nitrogen and oxygen atoms in total. The molecule has 3 aromatic rings. The molecule has 0 saturated carbocycles. The fourth-order valence-corrected chi connectivity index (χ4v) is 2.79. The van der Waals surface area contributed by atoms with Crippen molar-refractivity contribution < 1.29 is 9.53 Å². The first-order valence-corrected chi connectivity index (χ1v) is 8.21. The maximum atomic E-state index is 11.9. The fraction of sp³-hybridized carbons (Fsp3) is 0.250. The first-order valence-electron chi connectivity index (χ1n) is 8.21. The summed E-state index contributed by atoms with van der Waals surface area (Å²) in [6.07, 6.45) is 2.27. The summed E-state index contributed by atoms with van der Waals surface area (Å²) in [4.78, 5) is 15.1. The van der Waals surface area contributed by atoms with E-state index < -0.39 is 0 Å². The van der Waals surface area contributed by atoms with E-state index in [2.05, 4.69) is 16.4 Å². The van der Waals surface area contributed by atoms with E-state index in [1.807, 2.05) is 56.4 Å². The molecule has 0 aliphatic rings. The van der Waals surface area contributed by atoms with Crippen molar-refractivity contribution in [2.75, 3.05) is 6.54 Å². The van der Waals surface area contributed by atoms with Crippen molar-refractivity contribution in [2.24, 2.45) is 0 Å². The van der Waals surface area contributed by atoms with Gasteiger partial charge in [-0.15, -0.1) is 0 Å². The molecule has 0 saturated heterocycles. The number of hydrogen-bond acceptors (Lipinski definition) is 2. The zero-order valence-corrected chi connectivity index (χ0v) is 14.1. The van der Waals surface area contributed by atoms with Gasteiger partial charge in [-0.25, -0.2) is 0 Å². The van der Waals surface area contributed by atoms with Crippen molar-refractivity contribution in [1.29, 1.82) is 0 Å². The number of H-pyrrole nitrogens is 1. The van der Waals surface area contributed by atoms with E-state index in [0.717, 1.165) is 33.3 Å². The average Bonchev–Trinajstić information content (AvgIpc) is 2.95. The minimum Gasteiger partial charge on any atom is -0.489 e. The van der Waals surface area contributed by atoms with Gasteiger partial charge >= 0.3 is 0 Å². The highest BCUT2D eigenvalue weighted by Gasteiger charge is 2.11. The summed E-state index contributed by atoms with van der Waals surface area (Å²) in [6, 6.07) is 14.2. The second-order valence-electron chi connectivity index (χ2n) is 5.88. The van der Waals surface area contributed by atoms with Gasteiger partial charge in [0.15, 0.2) is 0 Å². The Balaban J connectivity index is 1.83. The number of hydrogen-bond donors (Lipinski definition) is 2. The summed E-state index contributed by atoms with van der Waals surface area (Å²) in [7, 11) is 0. The first-order chi connectivity index (χ1) is 11.7. The van der Waals surface area contributed by atoms with Crippen LogP contribution < -0.4 is 10.1 Å². The van der Waals surface area contributed by atoms with E-state index in [1.54, 1.807) is 0 Å². The average molecular weight is 322 g/mol. The molecule has 0 atom stereocenters. The molecule has 0 unspecified atom stereocenters. The van der Waals surface area contributed by atoms with Crippen molar-refractivity contribution in [2.45, 2.75) is 26.9 Å². The number of amides is 1. The standard InChI is InChI=1S/C20H22N2O2/c1-3-21-20(23)10-16-12-22-18-9-14(2)19(11-17(16)18)24-13-15-7-5-4-6-8-15/h4-9,11-12,22H,3,10,13H2,1-2H3,(H,21,23). The van der Waals surface area contributed by atoms with Crippen LogP contribution in [0, 0.1) is 6.92 Å². The number of aromatic nitrogens is 1. The van der Waals surface area contributed by atoms with Gasteiger partial charge in [0.2, 0.25) is 5.91 Å². The SMILES string of the molecule is CCNC(=O)Cc1c[nH]c2cc(C)c(OCc3ccccc3)cc12. The number of carbonyl (C=O) groups is 1.